The number of anilines is 1. The van der Waals surface area contributed by atoms with E-state index in [4.69, 9.17) is 0 Å². The van der Waals surface area contributed by atoms with Crippen molar-refractivity contribution in [2.24, 2.45) is 5.92 Å². The van der Waals surface area contributed by atoms with E-state index in [1.807, 2.05) is 5.38 Å². The molecule has 1 fully saturated rings. The van der Waals surface area contributed by atoms with Gasteiger partial charge in [-0.2, -0.15) is 11.3 Å². The van der Waals surface area contributed by atoms with Crippen LogP contribution in [0.15, 0.2) is 16.8 Å². The molecule has 2 amide bonds. The van der Waals surface area contributed by atoms with Gasteiger partial charge in [-0.15, -0.1) is 0 Å². The molecule has 1 heterocycles. The van der Waals surface area contributed by atoms with Crippen LogP contribution >= 0.6 is 11.3 Å². The molecule has 6 heteroatoms. The minimum atomic E-state index is -0.644. The highest BCUT2D eigenvalue weighted by Gasteiger charge is 2.22. The molecular weight excluding hydrogens is 264 g/mol. The van der Waals surface area contributed by atoms with Crippen molar-refractivity contribution >= 4 is 28.8 Å². The Morgan fingerprint density at radius 2 is 2.21 bits per heavy atom. The van der Waals surface area contributed by atoms with Crippen LogP contribution in [0.1, 0.15) is 25.7 Å². The second kappa shape index (κ2) is 6.68. The van der Waals surface area contributed by atoms with Gasteiger partial charge in [0.15, 0.2) is 0 Å². The molecule has 2 atom stereocenters. The Balaban J connectivity index is 1.73. The van der Waals surface area contributed by atoms with E-state index < -0.39 is 11.8 Å². The van der Waals surface area contributed by atoms with E-state index in [9.17, 15) is 14.7 Å². The van der Waals surface area contributed by atoms with Gasteiger partial charge in [-0.1, -0.05) is 6.42 Å². The molecule has 19 heavy (non-hydrogen) atoms. The maximum absolute atomic E-state index is 11.6. The van der Waals surface area contributed by atoms with Gasteiger partial charge in [0.2, 0.25) is 0 Å². The molecule has 1 aromatic rings. The summed E-state index contributed by atoms with van der Waals surface area (Å²) in [6.07, 6.45) is 3.23. The highest BCUT2D eigenvalue weighted by molar-refractivity contribution is 7.08. The van der Waals surface area contributed by atoms with Crippen LogP contribution in [0, 0.1) is 5.92 Å². The van der Waals surface area contributed by atoms with Crippen molar-refractivity contribution in [2.75, 3.05) is 11.9 Å². The molecule has 1 aliphatic carbocycles. The second-order valence-electron chi connectivity index (χ2n) is 4.86. The van der Waals surface area contributed by atoms with Crippen LogP contribution in [0.2, 0.25) is 0 Å². The lowest BCUT2D eigenvalue weighted by Crippen LogP contribution is -2.39. The van der Waals surface area contributed by atoms with E-state index in [2.05, 4.69) is 10.6 Å². The van der Waals surface area contributed by atoms with Gasteiger partial charge in [0, 0.05) is 11.9 Å². The number of carbonyl (C=O) groups excluding carboxylic acids is 2. The molecule has 0 radical (unpaired) electrons. The third kappa shape index (κ3) is 4.33. The number of carbonyl (C=O) groups is 2. The predicted molar refractivity (Wildman–Crippen MR) is 73.9 cm³/mol. The summed E-state index contributed by atoms with van der Waals surface area (Å²) >= 11 is 1.46. The quantitative estimate of drug-likeness (QED) is 0.732. The van der Waals surface area contributed by atoms with Crippen molar-refractivity contribution < 1.29 is 14.7 Å². The van der Waals surface area contributed by atoms with Gasteiger partial charge in [-0.05, 0) is 36.6 Å². The number of aliphatic hydroxyl groups is 1. The summed E-state index contributed by atoms with van der Waals surface area (Å²) in [7, 11) is 0. The van der Waals surface area contributed by atoms with Crippen molar-refractivity contribution in [1.82, 2.24) is 5.32 Å². The standard InChI is InChI=1S/C13H18N2O3S/c16-11-3-1-2-9(6-11)7-14-12(17)13(18)15-10-4-5-19-8-10/h4-5,8-9,11,16H,1-3,6-7H2,(H,14,17)(H,15,18). The fraction of sp³-hybridized carbons (Fsp3) is 0.538. The molecular formula is C13H18N2O3S. The van der Waals surface area contributed by atoms with Crippen molar-refractivity contribution in [3.63, 3.8) is 0 Å². The number of rotatable bonds is 3. The molecule has 104 valence electrons. The topological polar surface area (TPSA) is 78.4 Å². The molecule has 0 aromatic carbocycles. The van der Waals surface area contributed by atoms with Crippen LogP contribution in [0.4, 0.5) is 5.69 Å². The molecule has 1 aliphatic rings. The first-order chi connectivity index (χ1) is 9.15. The van der Waals surface area contributed by atoms with Crippen molar-refractivity contribution in [3.8, 4) is 0 Å². The average molecular weight is 282 g/mol. The van der Waals surface area contributed by atoms with Crippen molar-refractivity contribution in [2.45, 2.75) is 31.8 Å². The minimum absolute atomic E-state index is 0.265. The van der Waals surface area contributed by atoms with E-state index in [1.54, 1.807) is 11.4 Å². The van der Waals surface area contributed by atoms with E-state index >= 15 is 0 Å². The van der Waals surface area contributed by atoms with Crippen LogP contribution in [0.3, 0.4) is 0 Å². The van der Waals surface area contributed by atoms with Crippen LogP contribution in [0.25, 0.3) is 0 Å². The van der Waals surface area contributed by atoms with E-state index in [0.717, 1.165) is 19.3 Å². The van der Waals surface area contributed by atoms with Crippen molar-refractivity contribution in [1.29, 1.82) is 0 Å². The molecule has 0 spiro atoms. The van der Waals surface area contributed by atoms with Gasteiger partial charge in [0.05, 0.1) is 11.8 Å². The third-order valence-electron chi connectivity index (χ3n) is 3.29. The van der Waals surface area contributed by atoms with Crippen molar-refractivity contribution in [3.05, 3.63) is 16.8 Å². The summed E-state index contributed by atoms with van der Waals surface area (Å²) in [6.45, 7) is 0.451. The van der Waals surface area contributed by atoms with Gasteiger partial charge in [0.1, 0.15) is 0 Å². The van der Waals surface area contributed by atoms with E-state index in [0.29, 0.717) is 18.7 Å². The Bertz CT molecular complexity index is 433. The third-order valence-corrected chi connectivity index (χ3v) is 3.97. The Hall–Kier alpha value is -1.40. The fourth-order valence-corrected chi connectivity index (χ4v) is 2.88. The molecule has 0 saturated heterocycles. The second-order valence-corrected chi connectivity index (χ2v) is 5.64. The number of aliphatic hydroxyl groups excluding tert-OH is 1. The summed E-state index contributed by atoms with van der Waals surface area (Å²) < 4.78 is 0. The Morgan fingerprint density at radius 1 is 1.37 bits per heavy atom. The molecule has 2 unspecified atom stereocenters. The summed E-state index contributed by atoms with van der Waals surface area (Å²) in [4.78, 5) is 23.2. The first-order valence-electron chi connectivity index (χ1n) is 6.44. The predicted octanol–water partition coefficient (Wildman–Crippen LogP) is 1.35. The molecule has 0 aliphatic heterocycles. The largest absolute Gasteiger partial charge is 0.393 e. The normalized spacial score (nSPS) is 22.8. The van der Waals surface area contributed by atoms with Crippen LogP contribution in [-0.4, -0.2) is 29.6 Å². The number of hydrogen-bond acceptors (Lipinski definition) is 4. The Labute approximate surface area is 116 Å². The molecule has 1 aromatic heterocycles. The maximum Gasteiger partial charge on any atom is 0.313 e. The van der Waals surface area contributed by atoms with Gasteiger partial charge in [0.25, 0.3) is 0 Å². The lowest BCUT2D eigenvalue weighted by Gasteiger charge is -2.25. The van der Waals surface area contributed by atoms with Crippen LogP contribution in [-0.2, 0) is 9.59 Å². The number of hydrogen-bond donors (Lipinski definition) is 3. The van der Waals surface area contributed by atoms with E-state index in [-0.39, 0.29) is 12.0 Å². The molecule has 0 bridgehead atoms. The molecule has 5 nitrogen and oxygen atoms in total. The summed E-state index contributed by atoms with van der Waals surface area (Å²) in [5.41, 5.74) is 0.637. The van der Waals surface area contributed by atoms with Gasteiger partial charge >= 0.3 is 11.8 Å². The minimum Gasteiger partial charge on any atom is -0.393 e. The SMILES string of the molecule is O=C(NCC1CCCC(O)C1)C(=O)Nc1ccsc1. The van der Waals surface area contributed by atoms with Crippen LogP contribution in [0.5, 0.6) is 0 Å². The Morgan fingerprint density at radius 3 is 2.89 bits per heavy atom. The number of amides is 2. The average Bonchev–Trinajstić information content (AvgIpc) is 2.89. The number of nitrogens with one attached hydrogen (secondary N) is 2. The highest BCUT2D eigenvalue weighted by Crippen LogP contribution is 2.23. The Kier molecular flexibility index (Phi) is 4.93. The summed E-state index contributed by atoms with van der Waals surface area (Å²) in [5.74, 6) is -0.998. The highest BCUT2D eigenvalue weighted by atomic mass is 32.1. The van der Waals surface area contributed by atoms with Gasteiger partial charge < -0.3 is 15.7 Å². The van der Waals surface area contributed by atoms with E-state index in [1.165, 1.54) is 11.3 Å². The molecule has 1 saturated carbocycles. The monoisotopic (exact) mass is 282 g/mol. The zero-order valence-corrected chi connectivity index (χ0v) is 11.4. The summed E-state index contributed by atoms with van der Waals surface area (Å²) in [5, 5.41) is 18.3. The first kappa shape index (κ1) is 14.0. The fourth-order valence-electron chi connectivity index (χ4n) is 2.29. The lowest BCUT2D eigenvalue weighted by atomic mass is 9.87. The zero-order chi connectivity index (χ0) is 13.7. The maximum atomic E-state index is 11.6. The number of thiophene rings is 1. The smallest absolute Gasteiger partial charge is 0.313 e. The van der Waals surface area contributed by atoms with Gasteiger partial charge in [-0.25, -0.2) is 0 Å². The van der Waals surface area contributed by atoms with Crippen LogP contribution < -0.4 is 10.6 Å². The summed E-state index contributed by atoms with van der Waals surface area (Å²) in [6, 6.07) is 1.74. The molecule has 3 N–H and O–H groups in total. The van der Waals surface area contributed by atoms with Gasteiger partial charge in [-0.3, -0.25) is 9.59 Å². The molecule has 2 rings (SSSR count). The lowest BCUT2D eigenvalue weighted by molar-refractivity contribution is -0.136. The first-order valence-corrected chi connectivity index (χ1v) is 7.39. The zero-order valence-electron chi connectivity index (χ0n) is 10.6.